The number of phenolic OH excluding ortho intramolecular Hbond substituents is 1. The predicted molar refractivity (Wildman–Crippen MR) is 110 cm³/mol. The Morgan fingerprint density at radius 3 is 2.58 bits per heavy atom. The second-order valence-corrected chi connectivity index (χ2v) is 8.88. The summed E-state index contributed by atoms with van der Waals surface area (Å²) in [6.07, 6.45) is 9.49. The molecule has 0 aliphatic heterocycles. The van der Waals surface area contributed by atoms with Crippen molar-refractivity contribution in [3.63, 3.8) is 0 Å². The quantitative estimate of drug-likeness (QED) is 0.527. The maximum atomic E-state index is 10.8. The maximum absolute atomic E-state index is 10.8. The van der Waals surface area contributed by atoms with Gasteiger partial charge in [0.2, 0.25) is 0 Å². The first kappa shape index (κ1) is 21.2. The third-order valence-electron chi connectivity index (χ3n) is 6.37. The van der Waals surface area contributed by atoms with Crippen LogP contribution in [0.25, 0.3) is 0 Å². The van der Waals surface area contributed by atoms with Crippen LogP contribution in [0.1, 0.15) is 95.6 Å². The normalized spacial score (nSPS) is 24.0. The Morgan fingerprint density at radius 2 is 1.92 bits per heavy atom. The van der Waals surface area contributed by atoms with Gasteiger partial charge in [0.1, 0.15) is 5.75 Å². The van der Waals surface area contributed by atoms with E-state index in [0.717, 1.165) is 37.7 Å². The molecule has 3 unspecified atom stereocenters. The summed E-state index contributed by atoms with van der Waals surface area (Å²) in [5.41, 5.74) is 8.08. The van der Waals surface area contributed by atoms with Gasteiger partial charge >= 0.3 is 0 Å². The van der Waals surface area contributed by atoms with Gasteiger partial charge in [0.05, 0.1) is 6.10 Å². The number of nitrogens with two attached hydrogens (primary N) is 1. The van der Waals surface area contributed by atoms with E-state index in [1.165, 1.54) is 31.2 Å². The van der Waals surface area contributed by atoms with Crippen molar-refractivity contribution >= 4 is 0 Å². The van der Waals surface area contributed by atoms with Crippen molar-refractivity contribution in [2.24, 2.45) is 11.7 Å². The minimum absolute atomic E-state index is 0.0759. The minimum Gasteiger partial charge on any atom is -0.508 e. The fourth-order valence-corrected chi connectivity index (χ4v) is 4.57. The van der Waals surface area contributed by atoms with Crippen LogP contribution in [0.5, 0.6) is 5.75 Å². The third kappa shape index (κ3) is 5.47. The Kier molecular flexibility index (Phi) is 7.97. The molecule has 3 nitrogen and oxygen atoms in total. The molecule has 3 heteroatoms. The Balaban J connectivity index is 2.14. The highest BCUT2D eigenvalue weighted by molar-refractivity contribution is 5.42. The predicted octanol–water partition coefficient (Wildman–Crippen LogP) is 5.23. The smallest absolute Gasteiger partial charge is 0.119 e. The molecule has 0 spiro atoms. The van der Waals surface area contributed by atoms with Crippen LogP contribution in [0.2, 0.25) is 0 Å². The molecule has 3 atom stereocenters. The van der Waals surface area contributed by atoms with E-state index in [-0.39, 0.29) is 17.4 Å². The lowest BCUT2D eigenvalue weighted by Gasteiger charge is -2.35. The summed E-state index contributed by atoms with van der Waals surface area (Å²) < 4.78 is 0. The van der Waals surface area contributed by atoms with Crippen molar-refractivity contribution in [2.45, 2.75) is 96.0 Å². The van der Waals surface area contributed by atoms with Crippen molar-refractivity contribution in [2.75, 3.05) is 6.54 Å². The molecule has 0 amide bonds. The summed E-state index contributed by atoms with van der Waals surface area (Å²) in [5.74, 6) is 1.07. The van der Waals surface area contributed by atoms with Gasteiger partial charge in [-0.05, 0) is 73.1 Å². The third-order valence-corrected chi connectivity index (χ3v) is 6.37. The molecule has 1 aromatic rings. The van der Waals surface area contributed by atoms with Crippen molar-refractivity contribution in [1.29, 1.82) is 0 Å². The molecular weight excluding hydrogens is 322 g/mol. The molecule has 1 aliphatic carbocycles. The number of aliphatic hydroxyl groups is 1. The van der Waals surface area contributed by atoms with Crippen molar-refractivity contribution in [3.05, 3.63) is 29.3 Å². The molecule has 0 aromatic heterocycles. The Bertz CT molecular complexity index is 555. The van der Waals surface area contributed by atoms with E-state index in [1.807, 2.05) is 6.07 Å². The standard InChI is InChI=1S/C23H39NO2/c1-4-5-6-7-13-23(2,3)18-9-11-20(22(26)15-18)21-16-19(25)10-8-17(21)12-14-24/h9,11,15,17,19,21,25-26H,4-8,10,12-14,16,24H2,1-3H3. The Hall–Kier alpha value is -1.06. The molecule has 1 fully saturated rings. The number of hydrogen-bond acceptors (Lipinski definition) is 3. The van der Waals surface area contributed by atoms with Gasteiger partial charge < -0.3 is 15.9 Å². The summed E-state index contributed by atoms with van der Waals surface area (Å²) in [6, 6.07) is 6.26. The van der Waals surface area contributed by atoms with Crippen molar-refractivity contribution < 1.29 is 10.2 Å². The van der Waals surface area contributed by atoms with Crippen LogP contribution in [0.4, 0.5) is 0 Å². The molecule has 0 heterocycles. The van der Waals surface area contributed by atoms with Crippen LogP contribution in [0.3, 0.4) is 0 Å². The summed E-state index contributed by atoms with van der Waals surface area (Å²) >= 11 is 0. The van der Waals surface area contributed by atoms with Gasteiger partial charge in [0.25, 0.3) is 0 Å². The van der Waals surface area contributed by atoms with E-state index in [1.54, 1.807) is 0 Å². The van der Waals surface area contributed by atoms with Gasteiger partial charge in [-0.2, -0.15) is 0 Å². The first-order valence-corrected chi connectivity index (χ1v) is 10.6. The molecule has 148 valence electrons. The van der Waals surface area contributed by atoms with Gasteiger partial charge in [-0.15, -0.1) is 0 Å². The molecule has 26 heavy (non-hydrogen) atoms. The van der Waals surface area contributed by atoms with E-state index < -0.39 is 0 Å². The zero-order valence-corrected chi connectivity index (χ0v) is 17.0. The van der Waals surface area contributed by atoms with Gasteiger partial charge in [-0.3, -0.25) is 0 Å². The van der Waals surface area contributed by atoms with Crippen LogP contribution in [0, 0.1) is 5.92 Å². The maximum Gasteiger partial charge on any atom is 0.119 e. The molecule has 1 aromatic carbocycles. The summed E-state index contributed by atoms with van der Waals surface area (Å²) in [5, 5.41) is 20.9. The average Bonchev–Trinajstić information content (AvgIpc) is 2.60. The topological polar surface area (TPSA) is 66.5 Å². The Morgan fingerprint density at radius 1 is 1.15 bits per heavy atom. The van der Waals surface area contributed by atoms with Gasteiger partial charge in [-0.25, -0.2) is 0 Å². The molecule has 1 aliphatic rings. The number of benzene rings is 1. The van der Waals surface area contributed by atoms with Crippen LogP contribution in [-0.4, -0.2) is 22.9 Å². The highest BCUT2D eigenvalue weighted by Gasteiger charge is 2.32. The average molecular weight is 362 g/mol. The zero-order chi connectivity index (χ0) is 19.2. The number of phenols is 1. The highest BCUT2D eigenvalue weighted by atomic mass is 16.3. The van der Waals surface area contributed by atoms with Crippen LogP contribution >= 0.6 is 0 Å². The number of rotatable bonds is 9. The number of unbranched alkanes of at least 4 members (excludes halogenated alkanes) is 3. The lowest BCUT2D eigenvalue weighted by molar-refractivity contribution is 0.0910. The number of hydrogen-bond donors (Lipinski definition) is 3. The lowest BCUT2D eigenvalue weighted by Crippen LogP contribution is -2.28. The summed E-state index contributed by atoms with van der Waals surface area (Å²) in [4.78, 5) is 0. The second kappa shape index (κ2) is 9.75. The van der Waals surface area contributed by atoms with Crippen molar-refractivity contribution in [1.82, 2.24) is 0 Å². The summed E-state index contributed by atoms with van der Waals surface area (Å²) in [6.45, 7) is 7.45. The van der Waals surface area contributed by atoms with Crippen LogP contribution in [-0.2, 0) is 5.41 Å². The van der Waals surface area contributed by atoms with E-state index in [9.17, 15) is 10.2 Å². The van der Waals surface area contributed by atoms with E-state index in [4.69, 9.17) is 5.73 Å². The van der Waals surface area contributed by atoms with Gasteiger partial charge in [0.15, 0.2) is 0 Å². The fourth-order valence-electron chi connectivity index (χ4n) is 4.57. The van der Waals surface area contributed by atoms with Gasteiger partial charge in [0, 0.05) is 0 Å². The molecule has 2 rings (SSSR count). The van der Waals surface area contributed by atoms with Gasteiger partial charge in [-0.1, -0.05) is 58.6 Å². The molecule has 1 saturated carbocycles. The van der Waals surface area contributed by atoms with E-state index in [2.05, 4.69) is 32.9 Å². The molecule has 0 saturated heterocycles. The number of aromatic hydroxyl groups is 1. The fraction of sp³-hybridized carbons (Fsp3) is 0.739. The Labute approximate surface area is 160 Å². The van der Waals surface area contributed by atoms with Crippen molar-refractivity contribution in [3.8, 4) is 5.75 Å². The minimum atomic E-state index is -0.261. The highest BCUT2D eigenvalue weighted by Crippen LogP contribution is 2.44. The molecule has 0 radical (unpaired) electrons. The van der Waals surface area contributed by atoms with E-state index >= 15 is 0 Å². The summed E-state index contributed by atoms with van der Waals surface area (Å²) in [7, 11) is 0. The largest absolute Gasteiger partial charge is 0.508 e. The first-order valence-electron chi connectivity index (χ1n) is 10.6. The van der Waals surface area contributed by atoms with E-state index in [0.29, 0.717) is 18.2 Å². The van der Waals surface area contributed by atoms with Crippen LogP contribution in [0.15, 0.2) is 18.2 Å². The number of aliphatic hydroxyl groups excluding tert-OH is 1. The first-order chi connectivity index (χ1) is 12.4. The zero-order valence-electron chi connectivity index (χ0n) is 17.0. The monoisotopic (exact) mass is 361 g/mol. The lowest BCUT2D eigenvalue weighted by atomic mass is 9.72. The molecule has 0 bridgehead atoms. The SMILES string of the molecule is CCCCCCC(C)(C)c1ccc(C2CC(O)CCC2CCN)c(O)c1. The molecular formula is C23H39NO2. The molecule has 4 N–H and O–H groups in total. The van der Waals surface area contributed by atoms with Crippen LogP contribution < -0.4 is 5.73 Å². The second-order valence-electron chi connectivity index (χ2n) is 8.88.